The van der Waals surface area contributed by atoms with Crippen LogP contribution in [0.2, 0.25) is 0 Å². The molecule has 0 aliphatic rings. The summed E-state index contributed by atoms with van der Waals surface area (Å²) in [4.78, 5) is 21.1. The highest BCUT2D eigenvalue weighted by Crippen LogP contribution is 2.33. The highest BCUT2D eigenvalue weighted by Gasteiger charge is 2.12. The molecule has 118 valence electrons. The molecule has 0 fully saturated rings. The molecule has 0 saturated heterocycles. The van der Waals surface area contributed by atoms with Crippen LogP contribution in [0.1, 0.15) is 26.6 Å². The monoisotopic (exact) mass is 345 g/mol. The molecule has 0 spiro atoms. The Morgan fingerprint density at radius 1 is 1.22 bits per heavy atom. The van der Waals surface area contributed by atoms with E-state index in [1.807, 2.05) is 26.2 Å². The molecule has 0 unspecified atom stereocenters. The quantitative estimate of drug-likeness (QED) is 0.721. The van der Waals surface area contributed by atoms with Gasteiger partial charge in [0.15, 0.2) is 5.13 Å². The molecule has 2 heterocycles. The summed E-state index contributed by atoms with van der Waals surface area (Å²) in [7, 11) is 0. The Labute approximate surface area is 141 Å². The first-order valence-corrected chi connectivity index (χ1v) is 8.64. The van der Waals surface area contributed by atoms with Crippen LogP contribution in [0.3, 0.4) is 0 Å². The number of carboxylic acid groups (broad SMARTS) is 1. The van der Waals surface area contributed by atoms with Crippen molar-refractivity contribution in [1.82, 2.24) is 9.97 Å². The van der Waals surface area contributed by atoms with Gasteiger partial charge in [-0.25, -0.2) is 14.8 Å². The zero-order valence-electron chi connectivity index (χ0n) is 12.9. The first-order valence-electron chi connectivity index (χ1n) is 6.95. The smallest absolute Gasteiger partial charge is 0.335 e. The van der Waals surface area contributed by atoms with E-state index in [1.54, 1.807) is 29.5 Å². The molecule has 0 aliphatic carbocycles. The van der Waals surface area contributed by atoms with E-state index in [0.29, 0.717) is 0 Å². The first kappa shape index (κ1) is 15.6. The summed E-state index contributed by atoms with van der Waals surface area (Å²) in [5.74, 6) is -0.924. The second kappa shape index (κ2) is 6.10. The fourth-order valence-electron chi connectivity index (χ4n) is 2.26. The second-order valence-corrected chi connectivity index (χ2v) is 7.21. The molecule has 1 aromatic carbocycles. The van der Waals surface area contributed by atoms with Crippen molar-refractivity contribution in [3.63, 3.8) is 0 Å². The van der Waals surface area contributed by atoms with E-state index in [9.17, 15) is 4.79 Å². The first-order chi connectivity index (χ1) is 10.9. The highest BCUT2D eigenvalue weighted by atomic mass is 32.1. The summed E-state index contributed by atoms with van der Waals surface area (Å²) < 4.78 is 0. The van der Waals surface area contributed by atoms with Crippen LogP contribution in [0.4, 0.5) is 10.8 Å². The number of hydrogen-bond acceptors (Lipinski definition) is 6. The number of carboxylic acids is 1. The largest absolute Gasteiger partial charge is 0.478 e. The Kier molecular flexibility index (Phi) is 4.14. The zero-order chi connectivity index (χ0) is 16.6. The van der Waals surface area contributed by atoms with E-state index in [-0.39, 0.29) is 5.56 Å². The van der Waals surface area contributed by atoms with Gasteiger partial charge in [0, 0.05) is 11.1 Å². The number of nitrogens with one attached hydrogen (secondary N) is 1. The fraction of sp³-hybridized carbons (Fsp3) is 0.188. The number of rotatable bonds is 4. The van der Waals surface area contributed by atoms with Gasteiger partial charge in [0.2, 0.25) is 0 Å². The minimum absolute atomic E-state index is 0.281. The number of thiazole rings is 2. The lowest BCUT2D eigenvalue weighted by molar-refractivity contribution is 0.0697. The number of aryl methyl sites for hydroxylation is 3. The molecule has 0 saturated carbocycles. The summed E-state index contributed by atoms with van der Waals surface area (Å²) in [6, 6.07) is 5.00. The van der Waals surface area contributed by atoms with Crippen molar-refractivity contribution in [2.75, 3.05) is 5.32 Å². The van der Waals surface area contributed by atoms with Gasteiger partial charge in [-0.3, -0.25) is 0 Å². The molecule has 7 heteroatoms. The molecule has 5 nitrogen and oxygen atoms in total. The number of nitrogens with zero attached hydrogens (tertiary/aromatic N) is 2. The number of aromatic carboxylic acids is 1. The van der Waals surface area contributed by atoms with Crippen LogP contribution < -0.4 is 5.32 Å². The molecule has 0 radical (unpaired) electrons. The van der Waals surface area contributed by atoms with Crippen molar-refractivity contribution in [1.29, 1.82) is 0 Å². The molecule has 23 heavy (non-hydrogen) atoms. The molecule has 2 N–H and O–H groups in total. The predicted molar refractivity (Wildman–Crippen MR) is 94.1 cm³/mol. The van der Waals surface area contributed by atoms with Crippen LogP contribution in [-0.4, -0.2) is 21.0 Å². The SMILES string of the molecule is Cc1nc(C)c(-c2csc(Nc3ccc(C(=O)O)cc3C)n2)s1. The molecule has 0 aliphatic heterocycles. The molecule has 0 atom stereocenters. The van der Waals surface area contributed by atoms with Crippen molar-refractivity contribution in [2.24, 2.45) is 0 Å². The van der Waals surface area contributed by atoms with Crippen molar-refractivity contribution in [2.45, 2.75) is 20.8 Å². The molecular formula is C16H15N3O2S2. The summed E-state index contributed by atoms with van der Waals surface area (Å²) >= 11 is 3.15. The lowest BCUT2D eigenvalue weighted by Crippen LogP contribution is -1.99. The van der Waals surface area contributed by atoms with Crippen LogP contribution in [0.15, 0.2) is 23.6 Å². The maximum atomic E-state index is 11.0. The van der Waals surface area contributed by atoms with E-state index in [1.165, 1.54) is 11.3 Å². The number of anilines is 2. The average Bonchev–Trinajstić information content (AvgIpc) is 3.07. The topological polar surface area (TPSA) is 75.1 Å². The van der Waals surface area contributed by atoms with Gasteiger partial charge in [-0.15, -0.1) is 22.7 Å². The van der Waals surface area contributed by atoms with Gasteiger partial charge in [-0.05, 0) is 44.5 Å². The molecule has 0 amide bonds. The number of aromatic nitrogens is 2. The van der Waals surface area contributed by atoms with Crippen LogP contribution in [0, 0.1) is 20.8 Å². The molecule has 3 aromatic rings. The molecule has 3 rings (SSSR count). The van der Waals surface area contributed by atoms with E-state index >= 15 is 0 Å². The van der Waals surface area contributed by atoms with Gasteiger partial charge in [0.25, 0.3) is 0 Å². The van der Waals surface area contributed by atoms with Gasteiger partial charge >= 0.3 is 5.97 Å². The number of benzene rings is 1. The van der Waals surface area contributed by atoms with Crippen LogP contribution >= 0.6 is 22.7 Å². The Bertz CT molecular complexity index is 883. The number of hydrogen-bond donors (Lipinski definition) is 2. The summed E-state index contributed by atoms with van der Waals surface area (Å²) in [5, 5.41) is 16.1. The third kappa shape index (κ3) is 3.25. The summed E-state index contributed by atoms with van der Waals surface area (Å²) in [6.45, 7) is 5.85. The van der Waals surface area contributed by atoms with E-state index < -0.39 is 5.97 Å². The van der Waals surface area contributed by atoms with Crippen molar-refractivity contribution < 1.29 is 9.90 Å². The predicted octanol–water partition coefficient (Wildman–Crippen LogP) is 4.63. The number of carbonyl (C=O) groups is 1. The fourth-order valence-corrected chi connectivity index (χ4v) is 3.93. The van der Waals surface area contributed by atoms with Crippen LogP contribution in [-0.2, 0) is 0 Å². The maximum absolute atomic E-state index is 11.0. The lowest BCUT2D eigenvalue weighted by Gasteiger charge is -2.07. The lowest BCUT2D eigenvalue weighted by atomic mass is 10.1. The third-order valence-electron chi connectivity index (χ3n) is 3.36. The van der Waals surface area contributed by atoms with E-state index in [2.05, 4.69) is 15.3 Å². The second-order valence-electron chi connectivity index (χ2n) is 5.15. The minimum Gasteiger partial charge on any atom is -0.478 e. The van der Waals surface area contributed by atoms with E-state index in [4.69, 9.17) is 5.11 Å². The Morgan fingerprint density at radius 3 is 2.61 bits per heavy atom. The van der Waals surface area contributed by atoms with Gasteiger partial charge in [0.1, 0.15) is 0 Å². The Balaban J connectivity index is 1.85. The highest BCUT2D eigenvalue weighted by molar-refractivity contribution is 7.16. The zero-order valence-corrected chi connectivity index (χ0v) is 14.5. The van der Waals surface area contributed by atoms with Crippen molar-refractivity contribution in [3.05, 3.63) is 45.4 Å². The van der Waals surface area contributed by atoms with Crippen LogP contribution in [0.25, 0.3) is 10.6 Å². The molecular weight excluding hydrogens is 330 g/mol. The summed E-state index contributed by atoms with van der Waals surface area (Å²) in [5.41, 5.74) is 3.91. The Morgan fingerprint density at radius 2 is 2.00 bits per heavy atom. The van der Waals surface area contributed by atoms with Crippen LogP contribution in [0.5, 0.6) is 0 Å². The Hall–Kier alpha value is -2.25. The molecule has 2 aromatic heterocycles. The van der Waals surface area contributed by atoms with Crippen molar-refractivity contribution >= 4 is 39.5 Å². The van der Waals surface area contributed by atoms with Gasteiger partial charge in [0.05, 0.1) is 26.8 Å². The normalized spacial score (nSPS) is 10.7. The maximum Gasteiger partial charge on any atom is 0.335 e. The van der Waals surface area contributed by atoms with E-state index in [0.717, 1.165) is 37.7 Å². The minimum atomic E-state index is -0.924. The van der Waals surface area contributed by atoms with Crippen molar-refractivity contribution in [3.8, 4) is 10.6 Å². The van der Waals surface area contributed by atoms with Gasteiger partial charge in [-0.2, -0.15) is 0 Å². The molecule has 0 bridgehead atoms. The van der Waals surface area contributed by atoms with Gasteiger partial charge < -0.3 is 10.4 Å². The third-order valence-corrected chi connectivity index (χ3v) is 5.21. The summed E-state index contributed by atoms with van der Waals surface area (Å²) in [6.07, 6.45) is 0. The average molecular weight is 345 g/mol. The van der Waals surface area contributed by atoms with Gasteiger partial charge in [-0.1, -0.05) is 0 Å². The standard InChI is InChI=1S/C16H15N3O2S2/c1-8-6-11(15(20)21)4-5-12(8)18-16-19-13(7-22-16)14-9(2)17-10(3)23-14/h4-7H,1-3H3,(H,18,19)(H,20,21).